The fraction of sp³-hybridized carbons (Fsp3) is 0.231. The van der Waals surface area contributed by atoms with E-state index in [0.717, 1.165) is 29.0 Å². The second kappa shape index (κ2) is 8.97. The van der Waals surface area contributed by atoms with E-state index < -0.39 is 18.5 Å². The number of nitrogens with one attached hydrogen (secondary N) is 1. The number of anilines is 1. The Labute approximate surface area is 196 Å². The summed E-state index contributed by atoms with van der Waals surface area (Å²) in [4.78, 5) is 30.6. The Bertz CT molecular complexity index is 1400. The van der Waals surface area contributed by atoms with Crippen LogP contribution < -0.4 is 5.32 Å². The van der Waals surface area contributed by atoms with Crippen LogP contribution in [0.1, 0.15) is 53.7 Å². The van der Waals surface area contributed by atoms with Crippen LogP contribution in [0.4, 0.5) is 5.82 Å². The molecular weight excluding hydrogens is 432 g/mol. The van der Waals surface area contributed by atoms with E-state index in [9.17, 15) is 9.59 Å². The Balaban J connectivity index is 1.41. The molecule has 0 fully saturated rings. The molecule has 1 N–H and O–H groups in total. The molecule has 0 spiro atoms. The monoisotopic (exact) mass is 456 g/mol. The van der Waals surface area contributed by atoms with Crippen LogP contribution in [-0.2, 0) is 16.0 Å². The lowest BCUT2D eigenvalue weighted by Gasteiger charge is -2.13. The van der Waals surface area contributed by atoms with E-state index in [1.54, 1.807) is 23.2 Å². The molecule has 0 unspecified atom stereocenters. The summed E-state index contributed by atoms with van der Waals surface area (Å²) in [6, 6.07) is 13.0. The molecule has 1 aliphatic rings. The van der Waals surface area contributed by atoms with Gasteiger partial charge < -0.3 is 14.5 Å². The van der Waals surface area contributed by atoms with E-state index in [0.29, 0.717) is 28.7 Å². The van der Waals surface area contributed by atoms with E-state index in [1.807, 2.05) is 56.3 Å². The molecule has 3 aromatic heterocycles. The van der Waals surface area contributed by atoms with Gasteiger partial charge in [0, 0.05) is 17.5 Å². The van der Waals surface area contributed by atoms with Crippen molar-refractivity contribution in [1.82, 2.24) is 14.8 Å². The average molecular weight is 457 g/mol. The van der Waals surface area contributed by atoms with Crippen molar-refractivity contribution in [3.8, 4) is 0 Å². The van der Waals surface area contributed by atoms with Crippen LogP contribution in [0, 0.1) is 0 Å². The molecule has 34 heavy (non-hydrogen) atoms. The number of para-hydroxylation sites is 1. The fourth-order valence-electron chi connectivity index (χ4n) is 4.26. The van der Waals surface area contributed by atoms with Gasteiger partial charge in [0.1, 0.15) is 11.6 Å². The van der Waals surface area contributed by atoms with Gasteiger partial charge in [0.15, 0.2) is 6.61 Å². The molecule has 8 nitrogen and oxygen atoms in total. The number of allylic oxidation sites excluding steroid dienone is 1. The van der Waals surface area contributed by atoms with Crippen molar-refractivity contribution < 1.29 is 18.7 Å². The fourth-order valence-corrected chi connectivity index (χ4v) is 4.26. The number of amides is 1. The average Bonchev–Trinajstić information content (AvgIpc) is 3.58. The first-order chi connectivity index (χ1) is 16.5. The molecule has 5 rings (SSSR count). The molecule has 0 bridgehead atoms. The third kappa shape index (κ3) is 4.10. The Morgan fingerprint density at radius 1 is 1.18 bits per heavy atom. The number of carbonyl (C=O) groups is 2. The van der Waals surface area contributed by atoms with Crippen molar-refractivity contribution in [3.63, 3.8) is 0 Å². The molecule has 1 aromatic carbocycles. The standard InChI is InChI=1S/C26H24N4O4/c1-16(2)30-22(11-12-27-30)29-23(31)15-34-26(32)24-19-7-3-4-8-21(19)28-25-17(9-10-20(24)25)14-18-6-5-13-33-18/h3-8,11-14,16H,9-10,15H2,1-2H3,(H,29,31)/b17-14+. The van der Waals surface area contributed by atoms with E-state index in [4.69, 9.17) is 14.1 Å². The van der Waals surface area contributed by atoms with Gasteiger partial charge >= 0.3 is 5.97 Å². The van der Waals surface area contributed by atoms with Crippen LogP contribution in [-0.4, -0.2) is 33.2 Å². The normalized spacial score (nSPS) is 14.0. The van der Waals surface area contributed by atoms with Gasteiger partial charge in [-0.1, -0.05) is 18.2 Å². The van der Waals surface area contributed by atoms with Crippen molar-refractivity contribution in [3.05, 3.63) is 77.5 Å². The summed E-state index contributed by atoms with van der Waals surface area (Å²) in [5.41, 5.74) is 3.77. The lowest BCUT2D eigenvalue weighted by atomic mass is 10.0. The lowest BCUT2D eigenvalue weighted by molar-refractivity contribution is -0.119. The molecule has 1 amide bonds. The summed E-state index contributed by atoms with van der Waals surface area (Å²) in [6.07, 6.45) is 6.58. The number of pyridine rings is 1. The number of ether oxygens (including phenoxy) is 1. The van der Waals surface area contributed by atoms with Gasteiger partial charge in [0.2, 0.25) is 0 Å². The Hall–Kier alpha value is -4.20. The number of nitrogens with zero attached hydrogens (tertiary/aromatic N) is 3. The SMILES string of the molecule is CC(C)n1nccc1NC(=O)COC(=O)c1c2c(nc3ccccc13)/C(=C/c1ccco1)CC2. The number of rotatable bonds is 6. The number of esters is 1. The smallest absolute Gasteiger partial charge is 0.339 e. The molecule has 8 heteroatoms. The highest BCUT2D eigenvalue weighted by Crippen LogP contribution is 2.37. The van der Waals surface area contributed by atoms with E-state index >= 15 is 0 Å². The topological polar surface area (TPSA) is 99.2 Å². The second-order valence-electron chi connectivity index (χ2n) is 8.40. The predicted octanol–water partition coefficient (Wildman–Crippen LogP) is 4.89. The van der Waals surface area contributed by atoms with Crippen molar-refractivity contribution in [2.45, 2.75) is 32.7 Å². The number of benzene rings is 1. The summed E-state index contributed by atoms with van der Waals surface area (Å²) >= 11 is 0. The Morgan fingerprint density at radius 2 is 2.03 bits per heavy atom. The molecule has 4 aromatic rings. The highest BCUT2D eigenvalue weighted by molar-refractivity contribution is 6.07. The minimum atomic E-state index is -0.540. The van der Waals surface area contributed by atoms with Crippen molar-refractivity contribution in [1.29, 1.82) is 0 Å². The number of fused-ring (bicyclic) bond motifs is 2. The maximum atomic E-state index is 13.2. The summed E-state index contributed by atoms with van der Waals surface area (Å²) in [7, 11) is 0. The third-order valence-corrected chi connectivity index (χ3v) is 5.77. The summed E-state index contributed by atoms with van der Waals surface area (Å²) < 4.78 is 12.6. The first-order valence-electron chi connectivity index (χ1n) is 11.2. The zero-order valence-corrected chi connectivity index (χ0v) is 18.9. The maximum Gasteiger partial charge on any atom is 0.339 e. The Kier molecular flexibility index (Phi) is 5.71. The number of carbonyl (C=O) groups excluding carboxylic acids is 2. The molecule has 1 aliphatic carbocycles. The molecule has 0 radical (unpaired) electrons. The van der Waals surface area contributed by atoms with Crippen LogP contribution in [0.2, 0.25) is 0 Å². The van der Waals surface area contributed by atoms with E-state index in [2.05, 4.69) is 10.4 Å². The van der Waals surface area contributed by atoms with E-state index in [1.165, 1.54) is 0 Å². The minimum absolute atomic E-state index is 0.0852. The van der Waals surface area contributed by atoms with Gasteiger partial charge in [-0.2, -0.15) is 5.10 Å². The van der Waals surface area contributed by atoms with Crippen LogP contribution in [0.3, 0.4) is 0 Å². The zero-order valence-electron chi connectivity index (χ0n) is 18.9. The summed E-state index contributed by atoms with van der Waals surface area (Å²) in [6.45, 7) is 3.53. The van der Waals surface area contributed by atoms with Crippen molar-refractivity contribution >= 4 is 40.2 Å². The van der Waals surface area contributed by atoms with Crippen LogP contribution in [0.5, 0.6) is 0 Å². The maximum absolute atomic E-state index is 13.2. The molecular formula is C26H24N4O4. The quantitative estimate of drug-likeness (QED) is 0.415. The van der Waals surface area contributed by atoms with Crippen molar-refractivity contribution in [2.24, 2.45) is 0 Å². The molecule has 0 atom stereocenters. The second-order valence-corrected chi connectivity index (χ2v) is 8.40. The highest BCUT2D eigenvalue weighted by atomic mass is 16.5. The van der Waals surface area contributed by atoms with Crippen LogP contribution in [0.15, 0.2) is 59.3 Å². The first-order valence-corrected chi connectivity index (χ1v) is 11.2. The number of aromatic nitrogens is 3. The number of hydrogen-bond acceptors (Lipinski definition) is 6. The first kappa shape index (κ1) is 21.6. The number of furan rings is 1. The van der Waals surface area contributed by atoms with E-state index in [-0.39, 0.29) is 6.04 Å². The number of hydrogen-bond donors (Lipinski definition) is 1. The molecule has 3 heterocycles. The summed E-state index contributed by atoms with van der Waals surface area (Å²) in [5, 5.41) is 7.66. The van der Waals surface area contributed by atoms with Crippen LogP contribution >= 0.6 is 0 Å². The highest BCUT2D eigenvalue weighted by Gasteiger charge is 2.28. The molecule has 0 saturated carbocycles. The van der Waals surface area contributed by atoms with Crippen molar-refractivity contribution in [2.75, 3.05) is 11.9 Å². The molecule has 0 saturated heterocycles. The van der Waals surface area contributed by atoms with Gasteiger partial charge in [-0.15, -0.1) is 0 Å². The third-order valence-electron chi connectivity index (χ3n) is 5.77. The predicted molar refractivity (Wildman–Crippen MR) is 128 cm³/mol. The molecule has 0 aliphatic heterocycles. The summed E-state index contributed by atoms with van der Waals surface area (Å²) in [5.74, 6) is 0.323. The van der Waals surface area contributed by atoms with Gasteiger partial charge in [0.25, 0.3) is 5.91 Å². The lowest BCUT2D eigenvalue weighted by Crippen LogP contribution is -2.23. The molecule has 172 valence electrons. The Morgan fingerprint density at radius 3 is 2.82 bits per heavy atom. The zero-order chi connectivity index (χ0) is 23.7. The largest absolute Gasteiger partial charge is 0.465 e. The van der Waals surface area contributed by atoms with Gasteiger partial charge in [-0.3, -0.25) is 4.79 Å². The van der Waals surface area contributed by atoms with Gasteiger partial charge in [-0.05, 0) is 62.1 Å². The van der Waals surface area contributed by atoms with Gasteiger partial charge in [0.05, 0.1) is 29.2 Å². The van der Waals surface area contributed by atoms with Gasteiger partial charge in [-0.25, -0.2) is 14.5 Å². The minimum Gasteiger partial charge on any atom is -0.465 e. The van der Waals surface area contributed by atoms with Crippen LogP contribution in [0.25, 0.3) is 22.6 Å².